The summed E-state index contributed by atoms with van der Waals surface area (Å²) >= 11 is 6.21. The second-order valence-corrected chi connectivity index (χ2v) is 6.44. The summed E-state index contributed by atoms with van der Waals surface area (Å²) in [6.45, 7) is 9.43. The van der Waals surface area contributed by atoms with Gasteiger partial charge in [0, 0.05) is 10.4 Å². The fraction of sp³-hybridized carbons (Fsp3) is 0.625. The minimum atomic E-state index is 0.318. The zero-order chi connectivity index (χ0) is 12.6. The first-order chi connectivity index (χ1) is 7.98. The Labute approximate surface area is 110 Å². The molecule has 0 aliphatic heterocycles. The van der Waals surface area contributed by atoms with Crippen molar-refractivity contribution in [2.45, 2.75) is 52.4 Å². The highest BCUT2D eigenvalue weighted by molar-refractivity contribution is 6.30. The summed E-state index contributed by atoms with van der Waals surface area (Å²) in [6.07, 6.45) is 3.83. The first-order valence-electron chi connectivity index (χ1n) is 6.77. The van der Waals surface area contributed by atoms with Crippen LogP contribution in [-0.4, -0.2) is 0 Å². The van der Waals surface area contributed by atoms with Crippen molar-refractivity contribution in [1.82, 2.24) is 0 Å². The van der Waals surface area contributed by atoms with E-state index < -0.39 is 0 Å². The maximum atomic E-state index is 6.21. The first-order valence-corrected chi connectivity index (χ1v) is 7.15. The van der Waals surface area contributed by atoms with Gasteiger partial charge >= 0.3 is 0 Å². The molecule has 0 saturated carbocycles. The topological polar surface area (TPSA) is 0 Å². The molecule has 0 heterocycles. The Balaban J connectivity index is 2.61. The molecule has 0 amide bonds. The highest BCUT2D eigenvalue weighted by atomic mass is 35.5. The average molecular weight is 251 g/mol. The van der Waals surface area contributed by atoms with E-state index in [4.69, 9.17) is 11.6 Å². The number of fused-ring (bicyclic) bond motifs is 1. The highest BCUT2D eigenvalue weighted by Gasteiger charge is 2.41. The van der Waals surface area contributed by atoms with Gasteiger partial charge in [0.25, 0.3) is 0 Å². The molecule has 0 bridgehead atoms. The molecule has 0 saturated heterocycles. The third-order valence-corrected chi connectivity index (χ3v) is 4.91. The lowest BCUT2D eigenvalue weighted by molar-refractivity contribution is 0.186. The molecule has 2 rings (SSSR count). The molecule has 0 N–H and O–H groups in total. The van der Waals surface area contributed by atoms with E-state index in [9.17, 15) is 0 Å². The molecule has 0 unspecified atom stereocenters. The number of hydrogen-bond acceptors (Lipinski definition) is 0. The van der Waals surface area contributed by atoms with Gasteiger partial charge in [0.2, 0.25) is 0 Å². The lowest BCUT2D eigenvalue weighted by Crippen LogP contribution is -2.41. The predicted octanol–water partition coefficient (Wildman–Crippen LogP) is 5.23. The van der Waals surface area contributed by atoms with Crippen molar-refractivity contribution in [3.63, 3.8) is 0 Å². The summed E-state index contributed by atoms with van der Waals surface area (Å²) in [5.74, 6) is 1.33. The van der Waals surface area contributed by atoms with E-state index in [-0.39, 0.29) is 0 Å². The van der Waals surface area contributed by atoms with E-state index >= 15 is 0 Å². The SMILES string of the molecule is CC(C)C1(C(C)C)CCCc2ccc(Cl)cc21. The van der Waals surface area contributed by atoms with Crippen molar-refractivity contribution in [2.24, 2.45) is 11.8 Å². The van der Waals surface area contributed by atoms with Gasteiger partial charge in [0.1, 0.15) is 0 Å². The molecule has 0 fully saturated rings. The number of aryl methyl sites for hydroxylation is 1. The van der Waals surface area contributed by atoms with Crippen LogP contribution in [0.1, 0.15) is 51.7 Å². The summed E-state index contributed by atoms with van der Waals surface area (Å²) in [5, 5.41) is 0.885. The van der Waals surface area contributed by atoms with Crippen LogP contribution in [0.15, 0.2) is 18.2 Å². The number of halogens is 1. The van der Waals surface area contributed by atoms with E-state index in [2.05, 4.69) is 39.8 Å². The monoisotopic (exact) mass is 250 g/mol. The molecule has 17 heavy (non-hydrogen) atoms. The van der Waals surface area contributed by atoms with E-state index in [1.165, 1.54) is 30.4 Å². The van der Waals surface area contributed by atoms with Crippen LogP contribution < -0.4 is 0 Å². The molecule has 0 aromatic heterocycles. The predicted molar refractivity (Wildman–Crippen MR) is 75.7 cm³/mol. The Bertz CT molecular complexity index is 396. The molecule has 1 aromatic carbocycles. The van der Waals surface area contributed by atoms with Gasteiger partial charge in [-0.2, -0.15) is 0 Å². The van der Waals surface area contributed by atoms with Gasteiger partial charge in [-0.25, -0.2) is 0 Å². The van der Waals surface area contributed by atoms with E-state index in [1.54, 1.807) is 0 Å². The van der Waals surface area contributed by atoms with Crippen molar-refractivity contribution in [2.75, 3.05) is 0 Å². The van der Waals surface area contributed by atoms with Crippen LogP contribution in [-0.2, 0) is 11.8 Å². The Morgan fingerprint density at radius 1 is 1.12 bits per heavy atom. The summed E-state index contributed by atoms with van der Waals surface area (Å²) in [4.78, 5) is 0. The van der Waals surface area contributed by atoms with Crippen LogP contribution in [0.4, 0.5) is 0 Å². The normalized spacial score (nSPS) is 18.5. The smallest absolute Gasteiger partial charge is 0.0409 e. The van der Waals surface area contributed by atoms with Crippen LogP contribution in [0, 0.1) is 11.8 Å². The Kier molecular flexibility index (Phi) is 3.54. The summed E-state index contributed by atoms with van der Waals surface area (Å²) < 4.78 is 0. The van der Waals surface area contributed by atoms with Crippen LogP contribution in [0.5, 0.6) is 0 Å². The second-order valence-electron chi connectivity index (χ2n) is 6.00. The molecule has 1 aliphatic rings. The molecular formula is C16H23Cl. The largest absolute Gasteiger partial charge is 0.0843 e. The van der Waals surface area contributed by atoms with Crippen LogP contribution >= 0.6 is 11.6 Å². The van der Waals surface area contributed by atoms with Crippen molar-refractivity contribution in [3.8, 4) is 0 Å². The van der Waals surface area contributed by atoms with Gasteiger partial charge in [-0.1, -0.05) is 45.4 Å². The van der Waals surface area contributed by atoms with Gasteiger partial charge < -0.3 is 0 Å². The Morgan fingerprint density at radius 3 is 2.35 bits per heavy atom. The number of rotatable bonds is 2. The average Bonchev–Trinajstić information content (AvgIpc) is 2.27. The maximum absolute atomic E-state index is 6.21. The minimum Gasteiger partial charge on any atom is -0.0843 e. The van der Waals surface area contributed by atoms with E-state index in [0.717, 1.165) is 5.02 Å². The van der Waals surface area contributed by atoms with Crippen molar-refractivity contribution >= 4 is 11.6 Å². The molecule has 94 valence electrons. The van der Waals surface area contributed by atoms with Gasteiger partial charge in [-0.15, -0.1) is 0 Å². The van der Waals surface area contributed by atoms with Crippen molar-refractivity contribution in [1.29, 1.82) is 0 Å². The minimum absolute atomic E-state index is 0.318. The highest BCUT2D eigenvalue weighted by Crippen LogP contribution is 2.48. The third kappa shape index (κ3) is 2.01. The zero-order valence-corrected chi connectivity index (χ0v) is 12.1. The van der Waals surface area contributed by atoms with E-state index in [1.807, 2.05) is 6.07 Å². The summed E-state index contributed by atoms with van der Waals surface area (Å²) in [5.41, 5.74) is 3.35. The first kappa shape index (κ1) is 13.0. The molecule has 1 heteroatoms. The molecular weight excluding hydrogens is 228 g/mol. The van der Waals surface area contributed by atoms with E-state index in [0.29, 0.717) is 17.3 Å². The van der Waals surface area contributed by atoms with Crippen molar-refractivity contribution < 1.29 is 0 Å². The molecule has 0 atom stereocenters. The molecule has 0 nitrogen and oxygen atoms in total. The van der Waals surface area contributed by atoms with Gasteiger partial charge in [0.05, 0.1) is 0 Å². The van der Waals surface area contributed by atoms with Gasteiger partial charge in [0.15, 0.2) is 0 Å². The zero-order valence-electron chi connectivity index (χ0n) is 11.4. The number of benzene rings is 1. The molecule has 1 aliphatic carbocycles. The van der Waals surface area contributed by atoms with Gasteiger partial charge in [-0.3, -0.25) is 0 Å². The quantitative estimate of drug-likeness (QED) is 0.675. The fourth-order valence-corrected chi connectivity index (χ4v) is 3.94. The Morgan fingerprint density at radius 2 is 1.76 bits per heavy atom. The summed E-state index contributed by atoms with van der Waals surface area (Å²) in [7, 11) is 0. The maximum Gasteiger partial charge on any atom is 0.0409 e. The standard InChI is InChI=1S/C16H23Cl/c1-11(2)16(12(3)4)9-5-6-13-7-8-14(17)10-15(13)16/h7-8,10-12H,5-6,9H2,1-4H3. The second kappa shape index (κ2) is 4.65. The van der Waals surface area contributed by atoms with Crippen LogP contribution in [0.2, 0.25) is 5.02 Å². The lowest BCUT2D eigenvalue weighted by atomic mass is 9.58. The van der Waals surface area contributed by atoms with Crippen molar-refractivity contribution in [3.05, 3.63) is 34.3 Å². The molecule has 1 aromatic rings. The Hall–Kier alpha value is -0.490. The fourth-order valence-electron chi connectivity index (χ4n) is 3.77. The lowest BCUT2D eigenvalue weighted by Gasteiger charge is -2.46. The summed E-state index contributed by atoms with van der Waals surface area (Å²) in [6, 6.07) is 6.49. The number of hydrogen-bond donors (Lipinski definition) is 0. The van der Waals surface area contributed by atoms with Crippen LogP contribution in [0.25, 0.3) is 0 Å². The molecule has 0 radical (unpaired) electrons. The molecule has 0 spiro atoms. The van der Waals surface area contributed by atoms with Gasteiger partial charge in [-0.05, 0) is 54.4 Å². The van der Waals surface area contributed by atoms with Crippen LogP contribution in [0.3, 0.4) is 0 Å². The third-order valence-electron chi connectivity index (χ3n) is 4.67.